The van der Waals surface area contributed by atoms with Gasteiger partial charge in [-0.25, -0.2) is 0 Å². The van der Waals surface area contributed by atoms with Crippen LogP contribution in [0.3, 0.4) is 0 Å². The number of hydrogen-bond acceptors (Lipinski definition) is 0. The summed E-state index contributed by atoms with van der Waals surface area (Å²) < 4.78 is 0. The van der Waals surface area contributed by atoms with E-state index in [9.17, 15) is 0 Å². The molecule has 14 heteroatoms. The topological polar surface area (TPSA) is 244 Å². The molecule has 64 valence electrons. The zero-order valence-corrected chi connectivity index (χ0v) is 15.9. The molecule has 0 aliphatic carbocycles. The molecule has 0 spiro atoms. The molecule has 0 bridgehead atoms. The van der Waals surface area contributed by atoms with Gasteiger partial charge in [-0.2, -0.15) is 0 Å². The van der Waals surface area contributed by atoms with Gasteiger partial charge in [0, 0.05) is 0 Å². The van der Waals surface area contributed by atoms with E-state index < -0.39 is 0 Å². The molecule has 0 heterocycles. The summed E-state index contributed by atoms with van der Waals surface area (Å²) in [6.07, 6.45) is 0. The maximum atomic E-state index is 0. The third-order valence-electron chi connectivity index (χ3n) is 0. The summed E-state index contributed by atoms with van der Waals surface area (Å²) in [6.45, 7) is 0. The number of rotatable bonds is 0. The van der Waals surface area contributed by atoms with Crippen molar-refractivity contribution in [3.8, 4) is 0 Å². The molecule has 0 saturated heterocycles. The first kappa shape index (κ1) is 329. The summed E-state index contributed by atoms with van der Waals surface area (Å²) in [7, 11) is 0. The molecule has 0 radical (unpaired) electrons. The smallest absolute Gasteiger partial charge is 3.00 e. The normalized spacial score (nSPS) is 0. The van der Waals surface area contributed by atoms with Gasteiger partial charge >= 0.3 is 130 Å². The molecule has 0 unspecified atom stereocenters. The minimum absolute atomic E-state index is 0. The number of hydrogen-bond donors (Lipinski definition) is 0. The van der Waals surface area contributed by atoms with Gasteiger partial charge in [0.15, 0.2) is 0 Å². The van der Waals surface area contributed by atoms with E-state index >= 15 is 0 Å². The molecular weight excluding hydrogens is 399 g/mol. The summed E-state index contributed by atoms with van der Waals surface area (Å²) in [5, 5.41) is 0. The second-order valence-corrected chi connectivity index (χ2v) is 0. The molecule has 0 rings (SSSR count). The zero-order chi connectivity index (χ0) is 0. The SMILES string of the molecule is [N-3].[N-3].[N-3].[N-3].[N-3].[N-3].[N-3].[N-3].[Ti+4].[Ti+4].[Ti+4].[Ti+4].[Ti+4].[Ti+4]. The van der Waals surface area contributed by atoms with Gasteiger partial charge in [-0.3, -0.25) is 0 Å². The van der Waals surface area contributed by atoms with Gasteiger partial charge < -0.3 is 49.2 Å². The van der Waals surface area contributed by atoms with Crippen LogP contribution in [0.5, 0.6) is 0 Å². The molecular formula is N8Ti6. The van der Waals surface area contributed by atoms with Crippen molar-refractivity contribution in [3.05, 3.63) is 49.2 Å². The molecule has 8 nitrogen and oxygen atoms in total. The van der Waals surface area contributed by atoms with Gasteiger partial charge in [0.1, 0.15) is 0 Å². The number of nitrogens with zero attached hydrogens (tertiary/aromatic N) is 8. The third-order valence-corrected chi connectivity index (χ3v) is 0. The van der Waals surface area contributed by atoms with Crippen molar-refractivity contribution in [1.82, 2.24) is 0 Å². The first-order valence-corrected chi connectivity index (χ1v) is 0. The van der Waals surface area contributed by atoms with Crippen LogP contribution in [-0.2, 0) is 130 Å². The molecule has 0 fully saturated rings. The van der Waals surface area contributed by atoms with Crippen LogP contribution in [0.4, 0.5) is 0 Å². The fraction of sp³-hybridized carbons (Fsp3) is 0. The Labute approximate surface area is 176 Å². The van der Waals surface area contributed by atoms with Crippen molar-refractivity contribution in [1.29, 1.82) is 0 Å². The summed E-state index contributed by atoms with van der Waals surface area (Å²) in [5.41, 5.74) is 0. The van der Waals surface area contributed by atoms with Gasteiger partial charge in [-0.15, -0.1) is 0 Å². The van der Waals surface area contributed by atoms with Crippen LogP contribution >= 0.6 is 0 Å². The van der Waals surface area contributed by atoms with E-state index in [1.165, 1.54) is 0 Å². The summed E-state index contributed by atoms with van der Waals surface area (Å²) in [4.78, 5) is 0. The predicted octanol–water partition coefficient (Wildman–Crippen LogP) is 2.29. The molecule has 0 aromatic rings. The van der Waals surface area contributed by atoms with Crippen molar-refractivity contribution in [3.63, 3.8) is 0 Å². The van der Waals surface area contributed by atoms with Crippen molar-refractivity contribution in [2.24, 2.45) is 0 Å². The zero-order valence-electron chi connectivity index (χ0n) is 6.58. The van der Waals surface area contributed by atoms with Gasteiger partial charge in [0.2, 0.25) is 0 Å². The average Bonchev–Trinajstić information content (AvgIpc) is 0. The van der Waals surface area contributed by atoms with Gasteiger partial charge in [-0.05, 0) is 0 Å². The van der Waals surface area contributed by atoms with Crippen LogP contribution < -0.4 is 0 Å². The quantitative estimate of drug-likeness (QED) is 0.532. The molecule has 0 N–H and O–H groups in total. The van der Waals surface area contributed by atoms with Crippen LogP contribution in [0.25, 0.3) is 49.2 Å². The van der Waals surface area contributed by atoms with Crippen molar-refractivity contribution in [2.45, 2.75) is 0 Å². The van der Waals surface area contributed by atoms with Crippen molar-refractivity contribution < 1.29 is 130 Å². The summed E-state index contributed by atoms with van der Waals surface area (Å²) in [6, 6.07) is 0. The van der Waals surface area contributed by atoms with Crippen molar-refractivity contribution >= 4 is 0 Å². The molecule has 0 atom stereocenters. The molecule has 0 saturated carbocycles. The van der Waals surface area contributed by atoms with E-state index in [2.05, 4.69) is 0 Å². The van der Waals surface area contributed by atoms with E-state index in [-0.39, 0.29) is 180 Å². The molecule has 14 heavy (non-hydrogen) atoms. The first-order chi connectivity index (χ1) is 0. The Kier molecular flexibility index (Phi) is 6460. The van der Waals surface area contributed by atoms with Crippen LogP contribution in [0, 0.1) is 0 Å². The van der Waals surface area contributed by atoms with Gasteiger partial charge in [-0.1, -0.05) is 0 Å². The van der Waals surface area contributed by atoms with E-state index in [0.29, 0.717) is 0 Å². The predicted molar refractivity (Wildman–Crippen MR) is 26.9 cm³/mol. The minimum atomic E-state index is 0. The van der Waals surface area contributed by atoms with E-state index in [4.69, 9.17) is 0 Å². The Morgan fingerprint density at radius 3 is 0.143 bits per heavy atom. The third kappa shape index (κ3) is 227. The molecule has 0 aromatic heterocycles. The van der Waals surface area contributed by atoms with Crippen LogP contribution in [-0.4, -0.2) is 0 Å². The summed E-state index contributed by atoms with van der Waals surface area (Å²) >= 11 is 0. The monoisotopic (exact) mass is 400 g/mol. The second-order valence-electron chi connectivity index (χ2n) is 0. The average molecular weight is 399 g/mol. The first-order valence-electron chi connectivity index (χ1n) is 0. The maximum Gasteiger partial charge on any atom is 4.00 e. The fourth-order valence-corrected chi connectivity index (χ4v) is 0. The Morgan fingerprint density at radius 2 is 0.143 bits per heavy atom. The van der Waals surface area contributed by atoms with E-state index in [1.807, 2.05) is 0 Å². The van der Waals surface area contributed by atoms with Crippen LogP contribution in [0.2, 0.25) is 0 Å². The second kappa shape index (κ2) is 275. The Bertz CT molecular complexity index is 13.8. The minimum Gasteiger partial charge on any atom is -3.00 e. The fourth-order valence-electron chi connectivity index (χ4n) is 0. The molecule has 0 aromatic carbocycles. The van der Waals surface area contributed by atoms with Crippen molar-refractivity contribution in [2.75, 3.05) is 0 Å². The Hall–Kier alpha value is 3.97. The van der Waals surface area contributed by atoms with E-state index in [0.717, 1.165) is 0 Å². The van der Waals surface area contributed by atoms with Gasteiger partial charge in [0.05, 0.1) is 0 Å². The van der Waals surface area contributed by atoms with Gasteiger partial charge in [0.25, 0.3) is 0 Å². The van der Waals surface area contributed by atoms with Crippen LogP contribution in [0.1, 0.15) is 0 Å². The molecule has 0 aliphatic heterocycles. The largest absolute Gasteiger partial charge is 4.00 e. The van der Waals surface area contributed by atoms with E-state index in [1.54, 1.807) is 0 Å². The standard InChI is InChI=1S/8N.6Ti/q8*-3;6*+4. The maximum absolute atomic E-state index is 0. The Morgan fingerprint density at radius 1 is 0.143 bits per heavy atom. The Balaban J connectivity index is 0. The van der Waals surface area contributed by atoms with Crippen LogP contribution in [0.15, 0.2) is 0 Å². The molecule has 0 aliphatic rings. The summed E-state index contributed by atoms with van der Waals surface area (Å²) in [5.74, 6) is 0. The molecule has 0 amide bonds.